The third-order valence-electron chi connectivity index (χ3n) is 4.93. The summed E-state index contributed by atoms with van der Waals surface area (Å²) >= 11 is 0. The summed E-state index contributed by atoms with van der Waals surface area (Å²) in [5, 5.41) is 3.03. The van der Waals surface area contributed by atoms with Crippen LogP contribution in [0.4, 0.5) is 5.69 Å². The third kappa shape index (κ3) is 6.02. The molecule has 1 fully saturated rings. The van der Waals surface area contributed by atoms with Gasteiger partial charge in [-0.1, -0.05) is 18.2 Å². The number of anilines is 1. The SMILES string of the molecule is CCN(CC)C(=O)CN(C)CC(=O)NCC1CCN(c2ccccc2)C1. The van der Waals surface area contributed by atoms with Crippen LogP contribution in [0.15, 0.2) is 30.3 Å². The topological polar surface area (TPSA) is 55.9 Å². The van der Waals surface area contributed by atoms with Gasteiger partial charge in [-0.3, -0.25) is 14.5 Å². The average Bonchev–Trinajstić information content (AvgIpc) is 3.10. The summed E-state index contributed by atoms with van der Waals surface area (Å²) < 4.78 is 0. The van der Waals surface area contributed by atoms with E-state index >= 15 is 0 Å². The van der Waals surface area contributed by atoms with Crippen molar-refractivity contribution in [2.45, 2.75) is 20.3 Å². The van der Waals surface area contributed by atoms with Crippen LogP contribution in [0.5, 0.6) is 0 Å². The number of carbonyl (C=O) groups is 2. The molecule has 1 aromatic rings. The number of likely N-dealkylation sites (N-methyl/N-ethyl adjacent to an activating group) is 2. The average molecular weight is 361 g/mol. The molecule has 144 valence electrons. The molecule has 1 atom stereocenters. The summed E-state index contributed by atoms with van der Waals surface area (Å²) in [6.45, 7) is 8.57. The number of hydrogen-bond donors (Lipinski definition) is 1. The van der Waals surface area contributed by atoms with Crippen LogP contribution in [0.25, 0.3) is 0 Å². The Morgan fingerprint density at radius 1 is 1.15 bits per heavy atom. The van der Waals surface area contributed by atoms with Gasteiger partial charge in [0.25, 0.3) is 0 Å². The molecule has 0 aromatic heterocycles. The smallest absolute Gasteiger partial charge is 0.236 e. The van der Waals surface area contributed by atoms with Gasteiger partial charge < -0.3 is 15.1 Å². The molecule has 0 spiro atoms. The standard InChI is InChI=1S/C20H32N4O2/c1-4-23(5-2)20(26)16-22(3)15-19(25)21-13-17-11-12-24(14-17)18-9-7-6-8-10-18/h6-10,17H,4-5,11-16H2,1-3H3,(H,21,25). The van der Waals surface area contributed by atoms with Crippen molar-refractivity contribution in [2.75, 3.05) is 57.8 Å². The summed E-state index contributed by atoms with van der Waals surface area (Å²) in [4.78, 5) is 30.2. The first-order chi connectivity index (χ1) is 12.5. The molecule has 6 nitrogen and oxygen atoms in total. The number of benzene rings is 1. The van der Waals surface area contributed by atoms with Crippen molar-refractivity contribution in [3.63, 3.8) is 0 Å². The normalized spacial score (nSPS) is 16.8. The molecule has 1 unspecified atom stereocenters. The van der Waals surface area contributed by atoms with Crippen molar-refractivity contribution in [1.29, 1.82) is 0 Å². The molecule has 0 radical (unpaired) electrons. The minimum Gasteiger partial charge on any atom is -0.371 e. The summed E-state index contributed by atoms with van der Waals surface area (Å²) in [6.07, 6.45) is 1.09. The molecular formula is C20H32N4O2. The van der Waals surface area contributed by atoms with Crippen LogP contribution in [0, 0.1) is 5.92 Å². The summed E-state index contributed by atoms with van der Waals surface area (Å²) in [5.41, 5.74) is 1.25. The van der Waals surface area contributed by atoms with Crippen molar-refractivity contribution in [1.82, 2.24) is 15.1 Å². The van der Waals surface area contributed by atoms with Crippen molar-refractivity contribution in [2.24, 2.45) is 5.92 Å². The molecule has 1 saturated heterocycles. The second kappa shape index (κ2) is 10.2. The van der Waals surface area contributed by atoms with Gasteiger partial charge >= 0.3 is 0 Å². The Hall–Kier alpha value is -2.08. The van der Waals surface area contributed by atoms with E-state index in [1.807, 2.05) is 27.0 Å². The fourth-order valence-electron chi connectivity index (χ4n) is 3.39. The van der Waals surface area contributed by atoms with Gasteiger partial charge in [-0.2, -0.15) is 0 Å². The maximum atomic E-state index is 12.2. The van der Waals surface area contributed by atoms with E-state index in [-0.39, 0.29) is 24.9 Å². The second-order valence-corrected chi connectivity index (χ2v) is 6.98. The van der Waals surface area contributed by atoms with E-state index in [0.717, 1.165) is 19.5 Å². The molecule has 1 aliphatic rings. The lowest BCUT2D eigenvalue weighted by molar-refractivity contribution is -0.132. The zero-order valence-corrected chi connectivity index (χ0v) is 16.3. The number of rotatable bonds is 9. The molecule has 2 rings (SSSR count). The summed E-state index contributed by atoms with van der Waals surface area (Å²) in [6, 6.07) is 10.4. The zero-order chi connectivity index (χ0) is 18.9. The van der Waals surface area contributed by atoms with Gasteiger partial charge in [0.05, 0.1) is 13.1 Å². The predicted molar refractivity (Wildman–Crippen MR) is 105 cm³/mol. The van der Waals surface area contributed by atoms with Gasteiger partial charge in [-0.15, -0.1) is 0 Å². The van der Waals surface area contributed by atoms with Crippen molar-refractivity contribution in [3.05, 3.63) is 30.3 Å². The van der Waals surface area contributed by atoms with E-state index in [1.54, 1.807) is 9.80 Å². The summed E-state index contributed by atoms with van der Waals surface area (Å²) in [5.74, 6) is 0.527. The highest BCUT2D eigenvalue weighted by Gasteiger charge is 2.23. The molecule has 1 heterocycles. The molecule has 1 aromatic carbocycles. The van der Waals surface area contributed by atoms with Crippen LogP contribution in [0.1, 0.15) is 20.3 Å². The van der Waals surface area contributed by atoms with Crippen molar-refractivity contribution in [3.8, 4) is 0 Å². The Bertz CT molecular complexity index is 574. The van der Waals surface area contributed by atoms with Crippen molar-refractivity contribution < 1.29 is 9.59 Å². The molecule has 1 N–H and O–H groups in total. The maximum absolute atomic E-state index is 12.2. The molecule has 26 heavy (non-hydrogen) atoms. The highest BCUT2D eigenvalue weighted by atomic mass is 16.2. The highest BCUT2D eigenvalue weighted by Crippen LogP contribution is 2.22. The minimum atomic E-state index is -0.0157. The number of amides is 2. The number of para-hydroxylation sites is 1. The van der Waals surface area contributed by atoms with Crippen LogP contribution in [-0.4, -0.2) is 74.5 Å². The first-order valence-electron chi connectivity index (χ1n) is 9.56. The van der Waals surface area contributed by atoms with E-state index < -0.39 is 0 Å². The van der Waals surface area contributed by atoms with Crippen molar-refractivity contribution >= 4 is 17.5 Å². The van der Waals surface area contributed by atoms with E-state index in [1.165, 1.54) is 5.69 Å². The molecule has 6 heteroatoms. The predicted octanol–water partition coefficient (Wildman–Crippen LogP) is 1.43. The molecular weight excluding hydrogens is 328 g/mol. The van der Waals surface area contributed by atoms with Gasteiger partial charge in [0, 0.05) is 38.4 Å². The first-order valence-corrected chi connectivity index (χ1v) is 9.56. The molecule has 2 amide bonds. The molecule has 1 aliphatic heterocycles. The molecule has 0 saturated carbocycles. The highest BCUT2D eigenvalue weighted by molar-refractivity contribution is 5.81. The van der Waals surface area contributed by atoms with E-state index in [9.17, 15) is 9.59 Å². The zero-order valence-electron chi connectivity index (χ0n) is 16.3. The van der Waals surface area contributed by atoms with Crippen LogP contribution in [0.3, 0.4) is 0 Å². The Labute approximate surface area is 157 Å². The van der Waals surface area contributed by atoms with Crippen LogP contribution in [0.2, 0.25) is 0 Å². The van der Waals surface area contributed by atoms with Crippen LogP contribution in [-0.2, 0) is 9.59 Å². The van der Waals surface area contributed by atoms with Gasteiger partial charge in [-0.25, -0.2) is 0 Å². The second-order valence-electron chi connectivity index (χ2n) is 6.98. The number of nitrogens with one attached hydrogen (secondary N) is 1. The van der Waals surface area contributed by atoms with Crippen LogP contribution < -0.4 is 10.2 Å². The number of carbonyl (C=O) groups excluding carboxylic acids is 2. The lowest BCUT2D eigenvalue weighted by Crippen LogP contribution is -2.43. The van der Waals surface area contributed by atoms with Gasteiger partial charge in [0.15, 0.2) is 0 Å². The van der Waals surface area contributed by atoms with Gasteiger partial charge in [0.1, 0.15) is 0 Å². The largest absolute Gasteiger partial charge is 0.371 e. The lowest BCUT2D eigenvalue weighted by atomic mass is 10.1. The van der Waals surface area contributed by atoms with E-state index in [2.05, 4.69) is 34.5 Å². The Balaban J connectivity index is 1.68. The number of hydrogen-bond acceptors (Lipinski definition) is 4. The third-order valence-corrected chi connectivity index (χ3v) is 4.93. The van der Waals surface area contributed by atoms with Crippen LogP contribution >= 0.6 is 0 Å². The minimum absolute atomic E-state index is 0.0157. The Morgan fingerprint density at radius 2 is 1.85 bits per heavy atom. The Morgan fingerprint density at radius 3 is 2.50 bits per heavy atom. The fraction of sp³-hybridized carbons (Fsp3) is 0.600. The van der Waals surface area contributed by atoms with E-state index in [0.29, 0.717) is 25.6 Å². The van der Waals surface area contributed by atoms with Gasteiger partial charge in [-0.05, 0) is 45.4 Å². The maximum Gasteiger partial charge on any atom is 0.236 e. The molecule has 0 aliphatic carbocycles. The number of nitrogens with zero attached hydrogens (tertiary/aromatic N) is 3. The lowest BCUT2D eigenvalue weighted by Gasteiger charge is -2.23. The van der Waals surface area contributed by atoms with E-state index in [4.69, 9.17) is 0 Å². The summed E-state index contributed by atoms with van der Waals surface area (Å²) in [7, 11) is 1.81. The van der Waals surface area contributed by atoms with Gasteiger partial charge in [0.2, 0.25) is 11.8 Å². The quantitative estimate of drug-likeness (QED) is 0.724. The Kier molecular flexibility index (Phi) is 7.91. The molecule has 0 bridgehead atoms. The fourth-order valence-corrected chi connectivity index (χ4v) is 3.39. The first kappa shape index (κ1) is 20.2. The monoisotopic (exact) mass is 360 g/mol.